The number of nitrogens with one attached hydrogen (secondary N) is 2. The molecule has 42 heavy (non-hydrogen) atoms. The zero-order chi connectivity index (χ0) is 30.8. The van der Waals surface area contributed by atoms with Gasteiger partial charge in [0.2, 0.25) is 11.1 Å². The standard InChI is InChI=1S/C22H26N8O9S3/c1-4-21(2,3)39-20(38)25-18-23-10(6-40-18)13(33)14(34)24-12-15(35)29-7-22(17(36)37,8-41-16(12)29)9-42-19-26-27-28-30(19)5-11(31)32/h6,12,16H,4-5,7-9H2,1-3H3,(H,24,34)(H,31,32)(H,36,37)(H,23,25,38)/t12?,16-,22?/m1/s1. The van der Waals surface area contributed by atoms with E-state index < -0.39 is 64.6 Å². The van der Waals surface area contributed by atoms with Crippen LogP contribution in [0.2, 0.25) is 0 Å². The van der Waals surface area contributed by atoms with E-state index in [1.807, 2.05) is 6.92 Å². The first-order valence-corrected chi connectivity index (χ1v) is 15.2. The van der Waals surface area contributed by atoms with Gasteiger partial charge in [-0.05, 0) is 30.7 Å². The molecule has 2 aromatic rings. The summed E-state index contributed by atoms with van der Waals surface area (Å²) in [5.74, 6) is -4.96. The lowest BCUT2D eigenvalue weighted by atomic mass is 9.89. The van der Waals surface area contributed by atoms with E-state index in [2.05, 4.69) is 31.1 Å². The van der Waals surface area contributed by atoms with Crippen LogP contribution in [0.15, 0.2) is 10.5 Å². The summed E-state index contributed by atoms with van der Waals surface area (Å²) in [6, 6.07) is -1.05. The van der Waals surface area contributed by atoms with E-state index in [0.29, 0.717) is 6.42 Å². The van der Waals surface area contributed by atoms with E-state index in [-0.39, 0.29) is 34.0 Å². The molecule has 3 amide bonds. The topological polar surface area (TPSA) is 236 Å². The van der Waals surface area contributed by atoms with E-state index in [4.69, 9.17) is 9.84 Å². The third-order valence-electron chi connectivity index (χ3n) is 6.52. The SMILES string of the molecule is CCC(C)(C)OC(=O)Nc1nc(C(=O)C(=O)NC2C(=O)N3CC(CSc4nnnn4CC(=O)O)(C(=O)O)CS[C@H]23)cs1. The maximum Gasteiger partial charge on any atom is 0.413 e. The Morgan fingerprint density at radius 2 is 2.00 bits per heavy atom. The average Bonchev–Trinajstić information content (AvgIpc) is 3.58. The quantitative estimate of drug-likeness (QED) is 0.106. The highest BCUT2D eigenvalue weighted by molar-refractivity contribution is 8.00. The van der Waals surface area contributed by atoms with Crippen LogP contribution >= 0.6 is 34.9 Å². The maximum absolute atomic E-state index is 12.9. The Labute approximate surface area is 250 Å². The van der Waals surface area contributed by atoms with Gasteiger partial charge >= 0.3 is 18.0 Å². The summed E-state index contributed by atoms with van der Waals surface area (Å²) in [5.41, 5.74) is -2.33. The first-order chi connectivity index (χ1) is 19.7. The first kappa shape index (κ1) is 31.2. The molecule has 4 N–H and O–H groups in total. The molecule has 20 heteroatoms. The lowest BCUT2D eigenvalue weighted by Gasteiger charge is -2.53. The fraction of sp³-hybridized carbons (Fsp3) is 0.545. The Hall–Kier alpha value is -3.78. The van der Waals surface area contributed by atoms with Gasteiger partial charge in [-0.25, -0.2) is 14.5 Å². The zero-order valence-electron chi connectivity index (χ0n) is 22.4. The van der Waals surface area contributed by atoms with Gasteiger partial charge in [-0.3, -0.25) is 29.3 Å². The lowest BCUT2D eigenvalue weighted by molar-refractivity contribution is -0.157. The van der Waals surface area contributed by atoms with Crippen LogP contribution in [-0.2, 0) is 30.5 Å². The van der Waals surface area contributed by atoms with Gasteiger partial charge in [-0.1, -0.05) is 18.7 Å². The molecule has 17 nitrogen and oxygen atoms in total. The average molecular weight is 643 g/mol. The van der Waals surface area contributed by atoms with E-state index in [9.17, 15) is 33.9 Å². The van der Waals surface area contributed by atoms with Crippen molar-refractivity contribution in [3.63, 3.8) is 0 Å². The predicted molar refractivity (Wildman–Crippen MR) is 147 cm³/mol. The normalized spacial score (nSPS) is 21.6. The van der Waals surface area contributed by atoms with Gasteiger partial charge in [0.15, 0.2) is 5.13 Å². The smallest absolute Gasteiger partial charge is 0.413 e. The molecule has 2 aliphatic heterocycles. The van der Waals surface area contributed by atoms with Gasteiger partial charge in [0.05, 0.1) is 0 Å². The number of amides is 3. The molecular weight excluding hydrogens is 616 g/mol. The number of nitrogens with zero attached hydrogens (tertiary/aromatic N) is 6. The molecule has 3 atom stereocenters. The Morgan fingerprint density at radius 1 is 1.26 bits per heavy atom. The van der Waals surface area contributed by atoms with Crippen molar-refractivity contribution >= 4 is 75.6 Å². The van der Waals surface area contributed by atoms with Crippen LogP contribution in [0.4, 0.5) is 9.93 Å². The van der Waals surface area contributed by atoms with Crippen LogP contribution in [0.5, 0.6) is 0 Å². The number of anilines is 1. The number of carboxylic acid groups (broad SMARTS) is 2. The summed E-state index contributed by atoms with van der Waals surface area (Å²) in [4.78, 5) is 78.8. The van der Waals surface area contributed by atoms with Crippen molar-refractivity contribution in [1.82, 2.24) is 35.4 Å². The number of aromatic nitrogens is 5. The number of ether oxygens (including phenoxy) is 1. The second-order valence-corrected chi connectivity index (χ2v) is 12.9. The number of thioether (sulfide) groups is 2. The largest absolute Gasteiger partial charge is 0.481 e. The van der Waals surface area contributed by atoms with Crippen molar-refractivity contribution in [2.75, 3.05) is 23.4 Å². The fourth-order valence-corrected chi connectivity index (χ4v) is 7.24. The number of β-lactam (4-membered cyclic amide) rings is 1. The van der Waals surface area contributed by atoms with Gasteiger partial charge in [-0.15, -0.1) is 28.2 Å². The van der Waals surface area contributed by atoms with E-state index in [1.54, 1.807) is 13.8 Å². The number of rotatable bonds is 12. The molecule has 2 aromatic heterocycles. The molecule has 0 spiro atoms. The molecular formula is C22H26N8O9S3. The monoisotopic (exact) mass is 642 g/mol. The Balaban J connectivity index is 1.33. The molecule has 2 aliphatic rings. The zero-order valence-corrected chi connectivity index (χ0v) is 24.9. The van der Waals surface area contributed by atoms with Crippen LogP contribution < -0.4 is 10.6 Å². The fourth-order valence-electron chi connectivity index (χ4n) is 3.83. The van der Waals surface area contributed by atoms with Crippen molar-refractivity contribution in [2.45, 2.75) is 55.9 Å². The lowest BCUT2D eigenvalue weighted by Crippen LogP contribution is -2.74. The summed E-state index contributed by atoms with van der Waals surface area (Å²) < 4.78 is 6.29. The Bertz CT molecular complexity index is 1430. The number of ketones is 1. The van der Waals surface area contributed by atoms with Gasteiger partial charge in [0, 0.05) is 23.4 Å². The van der Waals surface area contributed by atoms with Crippen LogP contribution in [0.25, 0.3) is 0 Å². The van der Waals surface area contributed by atoms with Crippen molar-refractivity contribution in [3.05, 3.63) is 11.1 Å². The number of fused-ring (bicyclic) bond motifs is 1. The number of tetrazole rings is 1. The molecule has 0 aliphatic carbocycles. The highest BCUT2D eigenvalue weighted by Gasteiger charge is 2.57. The third-order valence-corrected chi connectivity index (χ3v) is 10.1. The molecule has 0 radical (unpaired) electrons. The summed E-state index contributed by atoms with van der Waals surface area (Å²) in [6.45, 7) is 4.65. The minimum Gasteiger partial charge on any atom is -0.481 e. The number of Topliss-reactive ketones (excluding diaryl/α,β-unsaturated/α-hetero) is 1. The summed E-state index contributed by atoms with van der Waals surface area (Å²) >= 11 is 3.01. The number of carboxylic acids is 2. The van der Waals surface area contributed by atoms with Gasteiger partial charge in [0.25, 0.3) is 11.7 Å². The van der Waals surface area contributed by atoms with Crippen LogP contribution in [0, 0.1) is 5.41 Å². The van der Waals surface area contributed by atoms with Gasteiger partial charge in [0.1, 0.15) is 34.7 Å². The molecule has 2 fully saturated rings. The van der Waals surface area contributed by atoms with E-state index >= 15 is 0 Å². The second-order valence-electron chi connectivity index (χ2n) is 10.0. The summed E-state index contributed by atoms with van der Waals surface area (Å²) in [6.07, 6.45) is -0.186. The highest BCUT2D eigenvalue weighted by Crippen LogP contribution is 2.44. The number of carbonyl (C=O) groups is 6. The minimum absolute atomic E-state index is 0.0506. The Morgan fingerprint density at radius 3 is 2.67 bits per heavy atom. The van der Waals surface area contributed by atoms with Crippen LogP contribution in [0.1, 0.15) is 37.7 Å². The maximum atomic E-state index is 12.9. The molecule has 0 bridgehead atoms. The number of hydrogen-bond donors (Lipinski definition) is 4. The van der Waals surface area contributed by atoms with Crippen LogP contribution in [-0.4, -0.2) is 111 Å². The highest BCUT2D eigenvalue weighted by atomic mass is 32.2. The van der Waals surface area contributed by atoms with E-state index in [1.165, 1.54) is 10.3 Å². The molecule has 4 heterocycles. The number of thiazole rings is 1. The molecule has 2 unspecified atom stereocenters. The predicted octanol–water partition coefficient (Wildman–Crippen LogP) is 0.397. The summed E-state index contributed by atoms with van der Waals surface area (Å²) in [5, 5.41) is 35.4. The van der Waals surface area contributed by atoms with Crippen molar-refractivity contribution in [1.29, 1.82) is 0 Å². The molecule has 2 saturated heterocycles. The molecule has 226 valence electrons. The van der Waals surface area contributed by atoms with Gasteiger partial charge < -0.3 is 25.2 Å². The summed E-state index contributed by atoms with van der Waals surface area (Å²) in [7, 11) is 0. The number of aliphatic carboxylic acids is 2. The van der Waals surface area contributed by atoms with E-state index in [0.717, 1.165) is 39.5 Å². The molecule has 0 saturated carbocycles. The molecule has 0 aromatic carbocycles. The first-order valence-electron chi connectivity index (χ1n) is 12.3. The molecule has 4 rings (SSSR count). The van der Waals surface area contributed by atoms with Crippen LogP contribution in [0.3, 0.4) is 0 Å². The second kappa shape index (κ2) is 12.2. The van der Waals surface area contributed by atoms with Crippen molar-refractivity contribution in [3.8, 4) is 0 Å². The minimum atomic E-state index is -1.40. The van der Waals surface area contributed by atoms with Crippen molar-refractivity contribution < 1.29 is 43.7 Å². The van der Waals surface area contributed by atoms with Crippen molar-refractivity contribution in [2.24, 2.45) is 5.41 Å². The third kappa shape index (κ3) is 6.65. The Kier molecular flexibility index (Phi) is 9.06. The van der Waals surface area contributed by atoms with Gasteiger partial charge in [-0.2, -0.15) is 0 Å². The number of carbonyl (C=O) groups excluding carboxylic acids is 4. The number of hydrogen-bond acceptors (Lipinski definition) is 14.